The average molecular weight is 368 g/mol. The second-order valence-electron chi connectivity index (χ2n) is 7.29. The molecule has 1 amide bonds. The molecule has 1 aliphatic carbocycles. The summed E-state index contributed by atoms with van der Waals surface area (Å²) in [5.74, 6) is 1.53. The highest BCUT2D eigenvalue weighted by Gasteiger charge is 2.27. The Morgan fingerprint density at radius 3 is 2.63 bits per heavy atom. The lowest BCUT2D eigenvalue weighted by Crippen LogP contribution is -2.17. The fourth-order valence-electron chi connectivity index (χ4n) is 2.83. The van der Waals surface area contributed by atoms with Crippen LogP contribution < -0.4 is 16.4 Å². The number of nitrogens with two attached hydrogens (primary N) is 1. The second kappa shape index (κ2) is 8.81. The number of likely N-dealkylation sites (N-methyl/N-ethyl adjacent to an activating group) is 1. The highest BCUT2D eigenvalue weighted by atomic mass is 16.1. The summed E-state index contributed by atoms with van der Waals surface area (Å²) in [7, 11) is 4.15. The monoisotopic (exact) mass is 368 g/mol. The van der Waals surface area contributed by atoms with E-state index in [9.17, 15) is 4.79 Å². The van der Waals surface area contributed by atoms with Crippen molar-refractivity contribution in [2.45, 2.75) is 31.6 Å². The maximum Gasteiger partial charge on any atom is 0.229 e. The lowest BCUT2D eigenvalue weighted by molar-refractivity contribution is -0.117. The Morgan fingerprint density at radius 2 is 2.00 bits per heavy atom. The van der Waals surface area contributed by atoms with E-state index < -0.39 is 0 Å². The standard InChI is InChI=1S/C20H28N6O/c1-26(2)12-10-14-3-7-16(8-4-14)24-20-23-13-17(15-5-6-15)19(25-20)22-11-9-18(21)27/h3-4,7-8,13,15H,5-6,9-12H2,1-2H3,(H2,21,27)(H2,22,23,24,25). The highest BCUT2D eigenvalue weighted by Crippen LogP contribution is 2.42. The molecule has 1 aliphatic rings. The molecule has 4 N–H and O–H groups in total. The summed E-state index contributed by atoms with van der Waals surface area (Å²) in [6, 6.07) is 8.33. The lowest BCUT2D eigenvalue weighted by Gasteiger charge is -2.13. The van der Waals surface area contributed by atoms with Crippen molar-refractivity contribution in [3.8, 4) is 0 Å². The van der Waals surface area contributed by atoms with E-state index >= 15 is 0 Å². The molecule has 144 valence electrons. The molecule has 7 nitrogen and oxygen atoms in total. The molecule has 0 radical (unpaired) electrons. The summed E-state index contributed by atoms with van der Waals surface area (Å²) >= 11 is 0. The molecule has 1 aromatic heterocycles. The van der Waals surface area contributed by atoms with Crippen LogP contribution in [0.1, 0.15) is 36.3 Å². The molecule has 1 aromatic carbocycles. The molecule has 0 saturated heterocycles. The number of amides is 1. The van der Waals surface area contributed by atoms with E-state index in [1.807, 2.05) is 18.3 Å². The first-order chi connectivity index (χ1) is 13.0. The molecule has 1 saturated carbocycles. The topological polar surface area (TPSA) is 96.2 Å². The van der Waals surface area contributed by atoms with Gasteiger partial charge in [0.2, 0.25) is 11.9 Å². The van der Waals surface area contributed by atoms with Crippen LogP contribution in [0.2, 0.25) is 0 Å². The molecule has 2 aromatic rings. The zero-order valence-electron chi connectivity index (χ0n) is 16.0. The van der Waals surface area contributed by atoms with E-state index in [0.29, 0.717) is 18.4 Å². The summed E-state index contributed by atoms with van der Waals surface area (Å²) < 4.78 is 0. The fraction of sp³-hybridized carbons (Fsp3) is 0.450. The number of carbonyl (C=O) groups is 1. The van der Waals surface area contributed by atoms with Gasteiger partial charge in [0.25, 0.3) is 0 Å². The molecule has 27 heavy (non-hydrogen) atoms. The number of aromatic nitrogens is 2. The SMILES string of the molecule is CN(C)CCc1ccc(Nc2ncc(C3CC3)c(NCCC(N)=O)n2)cc1. The van der Waals surface area contributed by atoms with Crippen molar-refractivity contribution < 1.29 is 4.79 Å². The van der Waals surface area contributed by atoms with Gasteiger partial charge in [-0.2, -0.15) is 4.98 Å². The molecule has 0 aliphatic heterocycles. The van der Waals surface area contributed by atoms with E-state index in [1.54, 1.807) is 0 Å². The van der Waals surface area contributed by atoms with Crippen molar-refractivity contribution in [2.75, 3.05) is 37.8 Å². The molecule has 0 bridgehead atoms. The van der Waals surface area contributed by atoms with Crippen LogP contribution >= 0.6 is 0 Å². The molecule has 1 heterocycles. The highest BCUT2D eigenvalue weighted by molar-refractivity contribution is 5.74. The Bertz CT molecular complexity index is 771. The third-order valence-corrected chi connectivity index (χ3v) is 4.56. The van der Waals surface area contributed by atoms with Crippen molar-refractivity contribution >= 4 is 23.4 Å². The predicted octanol–water partition coefficient (Wildman–Crippen LogP) is 2.49. The number of primary amides is 1. The molecular formula is C20H28N6O. The molecule has 7 heteroatoms. The van der Waals surface area contributed by atoms with Crippen molar-refractivity contribution in [3.05, 3.63) is 41.6 Å². The maximum absolute atomic E-state index is 11.0. The third kappa shape index (κ3) is 5.92. The van der Waals surface area contributed by atoms with E-state index in [2.05, 4.69) is 51.7 Å². The van der Waals surface area contributed by atoms with Crippen LogP contribution in [-0.4, -0.2) is 48.0 Å². The van der Waals surface area contributed by atoms with Crippen LogP contribution in [0.15, 0.2) is 30.5 Å². The normalized spacial score (nSPS) is 13.6. The minimum atomic E-state index is -0.322. The van der Waals surface area contributed by atoms with Crippen LogP contribution in [0.25, 0.3) is 0 Å². The Balaban J connectivity index is 1.66. The zero-order valence-corrected chi connectivity index (χ0v) is 16.0. The van der Waals surface area contributed by atoms with Crippen LogP contribution in [-0.2, 0) is 11.2 Å². The van der Waals surface area contributed by atoms with Gasteiger partial charge in [0.15, 0.2) is 0 Å². The summed E-state index contributed by atoms with van der Waals surface area (Å²) in [5, 5.41) is 6.49. The molecule has 1 fully saturated rings. The van der Waals surface area contributed by atoms with Crippen molar-refractivity contribution in [1.29, 1.82) is 0 Å². The van der Waals surface area contributed by atoms with E-state index in [-0.39, 0.29) is 12.3 Å². The molecule has 0 unspecified atom stereocenters. The number of rotatable bonds is 10. The minimum absolute atomic E-state index is 0.283. The van der Waals surface area contributed by atoms with Gasteiger partial charge < -0.3 is 21.3 Å². The van der Waals surface area contributed by atoms with Crippen LogP contribution in [0.3, 0.4) is 0 Å². The van der Waals surface area contributed by atoms with E-state index in [1.165, 1.54) is 5.56 Å². The Labute approximate surface area is 160 Å². The van der Waals surface area contributed by atoms with Crippen molar-refractivity contribution in [1.82, 2.24) is 14.9 Å². The van der Waals surface area contributed by atoms with Gasteiger partial charge >= 0.3 is 0 Å². The number of benzene rings is 1. The molecule has 3 rings (SSSR count). The number of nitrogens with zero attached hydrogens (tertiary/aromatic N) is 3. The maximum atomic E-state index is 11.0. The predicted molar refractivity (Wildman–Crippen MR) is 108 cm³/mol. The summed E-state index contributed by atoms with van der Waals surface area (Å²) in [6.45, 7) is 1.50. The fourth-order valence-corrected chi connectivity index (χ4v) is 2.83. The van der Waals surface area contributed by atoms with Gasteiger partial charge in [-0.05, 0) is 57.0 Å². The molecular weight excluding hydrogens is 340 g/mol. The summed E-state index contributed by atoms with van der Waals surface area (Å²) in [5.41, 5.74) is 8.59. The van der Waals surface area contributed by atoms with Crippen molar-refractivity contribution in [3.63, 3.8) is 0 Å². The second-order valence-corrected chi connectivity index (χ2v) is 7.29. The van der Waals surface area contributed by atoms with Gasteiger partial charge in [-0.15, -0.1) is 0 Å². The Morgan fingerprint density at radius 1 is 1.26 bits per heavy atom. The van der Waals surface area contributed by atoms with Gasteiger partial charge in [0, 0.05) is 37.0 Å². The third-order valence-electron chi connectivity index (χ3n) is 4.56. The zero-order chi connectivity index (χ0) is 19.2. The van der Waals surface area contributed by atoms with E-state index in [0.717, 1.165) is 42.9 Å². The van der Waals surface area contributed by atoms with Gasteiger partial charge in [-0.1, -0.05) is 12.1 Å². The van der Waals surface area contributed by atoms with Gasteiger partial charge in [-0.25, -0.2) is 4.98 Å². The average Bonchev–Trinajstić information content (AvgIpc) is 3.46. The number of hydrogen-bond acceptors (Lipinski definition) is 6. The first kappa shape index (κ1) is 19.1. The summed E-state index contributed by atoms with van der Waals surface area (Å²) in [4.78, 5) is 22.2. The van der Waals surface area contributed by atoms with Crippen LogP contribution in [0.5, 0.6) is 0 Å². The van der Waals surface area contributed by atoms with Crippen LogP contribution in [0.4, 0.5) is 17.5 Å². The minimum Gasteiger partial charge on any atom is -0.370 e. The largest absolute Gasteiger partial charge is 0.370 e. The Hall–Kier alpha value is -2.67. The first-order valence-corrected chi connectivity index (χ1v) is 9.41. The van der Waals surface area contributed by atoms with Gasteiger partial charge in [0.1, 0.15) is 5.82 Å². The molecule has 0 atom stereocenters. The first-order valence-electron chi connectivity index (χ1n) is 9.41. The van der Waals surface area contributed by atoms with Gasteiger partial charge in [0.05, 0.1) is 0 Å². The van der Waals surface area contributed by atoms with E-state index in [4.69, 9.17) is 5.73 Å². The molecule has 0 spiro atoms. The lowest BCUT2D eigenvalue weighted by atomic mass is 10.1. The van der Waals surface area contributed by atoms with Crippen LogP contribution in [0, 0.1) is 0 Å². The smallest absolute Gasteiger partial charge is 0.229 e. The quantitative estimate of drug-likeness (QED) is 0.596. The number of anilines is 3. The van der Waals surface area contributed by atoms with Gasteiger partial charge in [-0.3, -0.25) is 4.79 Å². The summed E-state index contributed by atoms with van der Waals surface area (Å²) in [6.07, 6.45) is 5.51. The van der Waals surface area contributed by atoms with Crippen molar-refractivity contribution in [2.24, 2.45) is 5.73 Å². The number of nitrogens with one attached hydrogen (secondary N) is 2. The number of carbonyl (C=O) groups excluding carboxylic acids is 1. The number of hydrogen-bond donors (Lipinski definition) is 3. The Kier molecular flexibility index (Phi) is 6.24.